The number of hydrogen-bond donors (Lipinski definition) is 1. The lowest BCUT2D eigenvalue weighted by Gasteiger charge is -2.14. The summed E-state index contributed by atoms with van der Waals surface area (Å²) >= 11 is 5.20. The van der Waals surface area contributed by atoms with Crippen LogP contribution in [0.25, 0.3) is 33.1 Å². The first-order valence-corrected chi connectivity index (χ1v) is 12.0. The summed E-state index contributed by atoms with van der Waals surface area (Å²) in [4.78, 5) is 5.99. The second kappa shape index (κ2) is 8.87. The molecule has 0 amide bonds. The maximum atomic E-state index is 10.8. The van der Waals surface area contributed by atoms with Gasteiger partial charge in [-0.15, -0.1) is 11.8 Å². The van der Waals surface area contributed by atoms with Crippen LogP contribution in [-0.2, 0) is 6.54 Å². The van der Waals surface area contributed by atoms with Crippen LogP contribution < -0.4 is 0 Å². The molecule has 5 aromatic rings. The van der Waals surface area contributed by atoms with E-state index in [0.717, 1.165) is 37.0 Å². The van der Waals surface area contributed by atoms with Gasteiger partial charge < -0.3 is 9.67 Å². The van der Waals surface area contributed by atoms with Crippen molar-refractivity contribution in [3.8, 4) is 11.3 Å². The Hall–Kier alpha value is -2.60. The minimum atomic E-state index is -0.462. The van der Waals surface area contributed by atoms with E-state index in [9.17, 15) is 5.11 Å². The van der Waals surface area contributed by atoms with Crippen molar-refractivity contribution in [2.24, 2.45) is 0 Å². The van der Waals surface area contributed by atoms with Gasteiger partial charge in [0.25, 0.3) is 0 Å². The van der Waals surface area contributed by atoms with Gasteiger partial charge in [-0.25, -0.2) is 4.98 Å². The van der Waals surface area contributed by atoms with Gasteiger partial charge in [0.15, 0.2) is 0 Å². The van der Waals surface area contributed by atoms with Crippen molar-refractivity contribution in [1.29, 1.82) is 0 Å². The molecule has 0 saturated carbocycles. The molecule has 0 aliphatic carbocycles. The van der Waals surface area contributed by atoms with Crippen molar-refractivity contribution in [2.75, 3.05) is 5.75 Å². The first kappa shape index (κ1) is 20.3. The molecular formula is C26H21BrN2OS. The quantitative estimate of drug-likeness (QED) is 0.268. The third-order valence-electron chi connectivity index (χ3n) is 5.32. The Bertz CT molecular complexity index is 1350. The predicted molar refractivity (Wildman–Crippen MR) is 134 cm³/mol. The molecule has 1 unspecified atom stereocenters. The van der Waals surface area contributed by atoms with Crippen molar-refractivity contribution < 1.29 is 5.11 Å². The van der Waals surface area contributed by atoms with Gasteiger partial charge in [-0.1, -0.05) is 64.5 Å². The van der Waals surface area contributed by atoms with E-state index in [1.54, 1.807) is 11.8 Å². The average molecular weight is 489 g/mol. The van der Waals surface area contributed by atoms with Crippen LogP contribution in [0.2, 0.25) is 0 Å². The number of halogens is 1. The van der Waals surface area contributed by atoms with Crippen molar-refractivity contribution >= 4 is 49.5 Å². The van der Waals surface area contributed by atoms with Crippen molar-refractivity contribution in [2.45, 2.75) is 17.5 Å². The van der Waals surface area contributed by atoms with Gasteiger partial charge >= 0.3 is 0 Å². The maximum absolute atomic E-state index is 10.8. The van der Waals surface area contributed by atoms with Crippen LogP contribution >= 0.6 is 27.7 Å². The molecule has 0 aliphatic rings. The van der Waals surface area contributed by atoms with E-state index in [1.807, 2.05) is 48.7 Å². The smallest absolute Gasteiger partial charge is 0.0812 e. The lowest BCUT2D eigenvalue weighted by Crippen LogP contribution is -2.17. The standard InChI is InChI=1S/C26H21BrN2OS/c27-20-10-11-25-19(14-20)12-13-29(25)16-21(30)17-31-26-15-24(18-6-2-1-3-7-18)28-23-9-5-4-8-22(23)26/h1-15,21,30H,16-17H2. The summed E-state index contributed by atoms with van der Waals surface area (Å²) in [5.41, 5.74) is 4.16. The number of thioether (sulfide) groups is 1. The van der Waals surface area contributed by atoms with E-state index in [4.69, 9.17) is 4.98 Å². The summed E-state index contributed by atoms with van der Waals surface area (Å²) in [5.74, 6) is 0.610. The molecule has 0 radical (unpaired) electrons. The minimum Gasteiger partial charge on any atom is -0.390 e. The van der Waals surface area contributed by atoms with Gasteiger partial charge in [0.1, 0.15) is 0 Å². The Morgan fingerprint density at radius 2 is 1.74 bits per heavy atom. The largest absolute Gasteiger partial charge is 0.390 e. The van der Waals surface area contributed by atoms with E-state index in [0.29, 0.717) is 12.3 Å². The van der Waals surface area contributed by atoms with Crippen molar-refractivity contribution in [3.63, 3.8) is 0 Å². The van der Waals surface area contributed by atoms with E-state index < -0.39 is 6.10 Å². The summed E-state index contributed by atoms with van der Waals surface area (Å²) in [6, 6.07) is 28.9. The average Bonchev–Trinajstić information content (AvgIpc) is 3.19. The summed E-state index contributed by atoms with van der Waals surface area (Å²) < 4.78 is 3.18. The summed E-state index contributed by atoms with van der Waals surface area (Å²) in [6.45, 7) is 0.562. The van der Waals surface area contributed by atoms with Crippen LogP contribution in [0.5, 0.6) is 0 Å². The Labute approximate surface area is 193 Å². The number of para-hydroxylation sites is 1. The monoisotopic (exact) mass is 488 g/mol. The highest BCUT2D eigenvalue weighted by atomic mass is 79.9. The van der Waals surface area contributed by atoms with E-state index >= 15 is 0 Å². The number of pyridine rings is 1. The Kier molecular flexibility index (Phi) is 5.81. The Balaban J connectivity index is 1.38. The van der Waals surface area contributed by atoms with E-state index in [1.165, 1.54) is 5.39 Å². The van der Waals surface area contributed by atoms with Crippen LogP contribution in [-0.4, -0.2) is 26.5 Å². The van der Waals surface area contributed by atoms with Crippen LogP contribution in [0.1, 0.15) is 0 Å². The molecule has 0 fully saturated rings. The molecule has 0 saturated heterocycles. The summed E-state index contributed by atoms with van der Waals surface area (Å²) in [7, 11) is 0. The number of aliphatic hydroxyl groups is 1. The lowest BCUT2D eigenvalue weighted by atomic mass is 10.1. The fourth-order valence-corrected chi connectivity index (χ4v) is 5.19. The maximum Gasteiger partial charge on any atom is 0.0812 e. The SMILES string of the molecule is OC(CSc1cc(-c2ccccc2)nc2ccccc12)Cn1ccc2cc(Br)ccc21. The number of nitrogens with zero attached hydrogens (tertiary/aromatic N) is 2. The molecule has 0 bridgehead atoms. The molecule has 3 aromatic carbocycles. The molecule has 3 nitrogen and oxygen atoms in total. The molecule has 2 aromatic heterocycles. The fraction of sp³-hybridized carbons (Fsp3) is 0.115. The normalized spacial score (nSPS) is 12.5. The molecule has 0 aliphatic heterocycles. The third kappa shape index (κ3) is 4.40. The third-order valence-corrected chi connectivity index (χ3v) is 7.01. The van der Waals surface area contributed by atoms with Gasteiger partial charge in [0.05, 0.1) is 17.3 Å². The Morgan fingerprint density at radius 3 is 2.61 bits per heavy atom. The molecule has 154 valence electrons. The van der Waals surface area contributed by atoms with Crippen LogP contribution in [0.15, 0.2) is 100 Å². The van der Waals surface area contributed by atoms with Gasteiger partial charge in [-0.3, -0.25) is 0 Å². The number of fused-ring (bicyclic) bond motifs is 2. The highest BCUT2D eigenvalue weighted by Gasteiger charge is 2.12. The second-order valence-corrected chi connectivity index (χ2v) is 9.50. The molecule has 2 heterocycles. The van der Waals surface area contributed by atoms with Gasteiger partial charge in [-0.05, 0) is 36.4 Å². The molecule has 1 N–H and O–H groups in total. The molecule has 5 rings (SSSR count). The number of rotatable bonds is 6. The van der Waals surface area contributed by atoms with Crippen LogP contribution in [0.4, 0.5) is 0 Å². The zero-order valence-corrected chi connectivity index (χ0v) is 19.2. The molecular weight excluding hydrogens is 468 g/mol. The number of aliphatic hydroxyl groups excluding tert-OH is 1. The van der Waals surface area contributed by atoms with Crippen LogP contribution in [0.3, 0.4) is 0 Å². The topological polar surface area (TPSA) is 38.1 Å². The number of benzene rings is 3. The highest BCUT2D eigenvalue weighted by Crippen LogP contribution is 2.32. The van der Waals surface area contributed by atoms with Gasteiger partial charge in [-0.2, -0.15) is 0 Å². The molecule has 1 atom stereocenters. The molecule has 5 heteroatoms. The van der Waals surface area contributed by atoms with Crippen LogP contribution in [0, 0.1) is 0 Å². The minimum absolute atomic E-state index is 0.462. The fourth-order valence-electron chi connectivity index (χ4n) is 3.82. The second-order valence-electron chi connectivity index (χ2n) is 7.52. The number of aromatic nitrogens is 2. The van der Waals surface area contributed by atoms with Gasteiger partial charge in [0.2, 0.25) is 0 Å². The Morgan fingerprint density at radius 1 is 0.935 bits per heavy atom. The summed E-state index contributed by atoms with van der Waals surface area (Å²) in [6.07, 6.45) is 1.58. The first-order valence-electron chi connectivity index (χ1n) is 10.2. The van der Waals surface area contributed by atoms with E-state index in [-0.39, 0.29) is 0 Å². The summed E-state index contributed by atoms with van der Waals surface area (Å²) in [5, 5.41) is 13.1. The highest BCUT2D eigenvalue weighted by molar-refractivity contribution is 9.10. The van der Waals surface area contributed by atoms with Crippen molar-refractivity contribution in [3.05, 3.63) is 95.6 Å². The molecule has 0 spiro atoms. The van der Waals surface area contributed by atoms with Gasteiger partial charge in [0, 0.05) is 49.7 Å². The first-order chi connectivity index (χ1) is 15.2. The van der Waals surface area contributed by atoms with Crippen molar-refractivity contribution in [1.82, 2.24) is 9.55 Å². The van der Waals surface area contributed by atoms with E-state index in [2.05, 4.69) is 63.0 Å². The molecule has 31 heavy (non-hydrogen) atoms. The lowest BCUT2D eigenvalue weighted by molar-refractivity contribution is 0.180. The zero-order chi connectivity index (χ0) is 21.2. The predicted octanol–water partition coefficient (Wildman–Crippen LogP) is 6.77. The zero-order valence-electron chi connectivity index (χ0n) is 16.8. The number of hydrogen-bond acceptors (Lipinski definition) is 3.